The molecule has 0 radical (unpaired) electrons. The molecule has 0 heterocycles. The molecule has 0 N–H and O–H groups in total. The summed E-state index contributed by atoms with van der Waals surface area (Å²) in [6.45, 7) is 4.48. The molecule has 0 aliphatic rings. The van der Waals surface area contributed by atoms with Crippen LogP contribution in [-0.2, 0) is 9.47 Å². The highest BCUT2D eigenvalue weighted by molar-refractivity contribution is 6.10. The van der Waals surface area contributed by atoms with E-state index in [4.69, 9.17) is 9.47 Å². The monoisotopic (exact) mass is 400 g/mol. The van der Waals surface area contributed by atoms with E-state index in [1.807, 2.05) is 26.0 Å². The van der Waals surface area contributed by atoms with Gasteiger partial charge in [0.25, 0.3) is 0 Å². The molecule has 0 atom stereocenters. The maximum atomic E-state index is 12.7. The second kappa shape index (κ2) is 8.54. The molecule has 4 rings (SSSR count). The van der Waals surface area contributed by atoms with Crippen LogP contribution in [0.3, 0.4) is 0 Å². The van der Waals surface area contributed by atoms with Gasteiger partial charge in [-0.1, -0.05) is 38.1 Å². The first kappa shape index (κ1) is 19.9. The molecule has 4 aromatic rings. The van der Waals surface area contributed by atoms with Gasteiger partial charge >= 0.3 is 11.9 Å². The van der Waals surface area contributed by atoms with Gasteiger partial charge in [-0.2, -0.15) is 0 Å². The normalized spacial score (nSPS) is 11.1. The topological polar surface area (TPSA) is 52.6 Å². The third kappa shape index (κ3) is 3.86. The Hall–Kier alpha value is -3.40. The van der Waals surface area contributed by atoms with Crippen LogP contribution < -0.4 is 0 Å². The molecule has 0 aliphatic carbocycles. The second-order valence-corrected chi connectivity index (χ2v) is 7.42. The first-order valence-electron chi connectivity index (χ1n) is 10.3. The fraction of sp³-hybridized carbons (Fsp3) is 0.231. The molecule has 0 saturated carbocycles. The van der Waals surface area contributed by atoms with E-state index < -0.39 is 11.9 Å². The molecule has 0 saturated heterocycles. The average molecular weight is 400 g/mol. The molecule has 4 aromatic carbocycles. The lowest BCUT2D eigenvalue weighted by molar-refractivity contribution is 0.0458. The summed E-state index contributed by atoms with van der Waals surface area (Å²) < 4.78 is 10.6. The van der Waals surface area contributed by atoms with E-state index in [1.54, 1.807) is 12.1 Å². The van der Waals surface area contributed by atoms with Crippen molar-refractivity contribution in [3.63, 3.8) is 0 Å². The van der Waals surface area contributed by atoms with Gasteiger partial charge in [-0.25, -0.2) is 9.59 Å². The van der Waals surface area contributed by atoms with Crippen LogP contribution in [0.25, 0.3) is 32.3 Å². The molecular formula is C26H24O4. The Balaban J connectivity index is 1.89. The van der Waals surface area contributed by atoms with E-state index in [-0.39, 0.29) is 11.1 Å². The molecule has 4 nitrogen and oxygen atoms in total. The summed E-state index contributed by atoms with van der Waals surface area (Å²) in [5, 5.41) is 6.24. The van der Waals surface area contributed by atoms with Crippen molar-refractivity contribution in [2.45, 2.75) is 26.7 Å². The van der Waals surface area contributed by atoms with Crippen LogP contribution in [0, 0.1) is 0 Å². The maximum absolute atomic E-state index is 12.7. The average Bonchev–Trinajstić information content (AvgIpc) is 2.77. The van der Waals surface area contributed by atoms with E-state index >= 15 is 0 Å². The Morgan fingerprint density at radius 3 is 1.37 bits per heavy atom. The van der Waals surface area contributed by atoms with E-state index in [0.717, 1.165) is 32.3 Å². The van der Waals surface area contributed by atoms with E-state index in [0.29, 0.717) is 26.1 Å². The number of rotatable bonds is 6. The van der Waals surface area contributed by atoms with Gasteiger partial charge in [0, 0.05) is 0 Å². The van der Waals surface area contributed by atoms with Crippen molar-refractivity contribution in [2.24, 2.45) is 0 Å². The predicted molar refractivity (Wildman–Crippen MR) is 120 cm³/mol. The fourth-order valence-electron chi connectivity index (χ4n) is 3.63. The van der Waals surface area contributed by atoms with Crippen molar-refractivity contribution in [1.82, 2.24) is 0 Å². The molecule has 0 amide bonds. The zero-order valence-corrected chi connectivity index (χ0v) is 17.2. The number of esters is 2. The highest BCUT2D eigenvalue weighted by Crippen LogP contribution is 2.30. The molecule has 0 aliphatic heterocycles. The number of carbonyl (C=O) groups is 2. The molecule has 0 bridgehead atoms. The molecule has 4 heteroatoms. The van der Waals surface area contributed by atoms with Gasteiger partial charge in [-0.3, -0.25) is 0 Å². The number of fused-ring (bicyclic) bond motifs is 3. The molecule has 30 heavy (non-hydrogen) atoms. The number of ether oxygens (including phenoxy) is 2. The summed E-state index contributed by atoms with van der Waals surface area (Å²) in [4.78, 5) is 25.3. The van der Waals surface area contributed by atoms with Crippen LogP contribution in [0.2, 0.25) is 0 Å². The molecule has 0 unspecified atom stereocenters. The quantitative estimate of drug-likeness (QED) is 0.282. The van der Waals surface area contributed by atoms with Crippen LogP contribution in [0.4, 0.5) is 0 Å². The van der Waals surface area contributed by atoms with Crippen molar-refractivity contribution < 1.29 is 19.1 Å². The molecule has 0 aromatic heterocycles. The zero-order valence-electron chi connectivity index (χ0n) is 17.2. The third-order valence-electron chi connectivity index (χ3n) is 5.11. The first-order chi connectivity index (χ1) is 14.6. The Kier molecular flexibility index (Phi) is 5.66. The second-order valence-electron chi connectivity index (χ2n) is 7.42. The molecule has 152 valence electrons. The summed E-state index contributed by atoms with van der Waals surface area (Å²) >= 11 is 0. The van der Waals surface area contributed by atoms with Gasteiger partial charge in [-0.15, -0.1) is 0 Å². The van der Waals surface area contributed by atoms with Gasteiger partial charge in [-0.05, 0) is 81.6 Å². The van der Waals surface area contributed by atoms with Gasteiger partial charge in [0.2, 0.25) is 0 Å². The summed E-state index contributed by atoms with van der Waals surface area (Å²) in [6.07, 6.45) is 1.43. The lowest BCUT2D eigenvalue weighted by Crippen LogP contribution is -2.15. The fourth-order valence-corrected chi connectivity index (χ4v) is 3.63. The zero-order chi connectivity index (χ0) is 21.1. The van der Waals surface area contributed by atoms with Gasteiger partial charge in [0.1, 0.15) is 0 Å². The minimum atomic E-state index is -0.499. The first-order valence-corrected chi connectivity index (χ1v) is 10.3. The number of hydrogen-bond acceptors (Lipinski definition) is 4. The Bertz CT molecular complexity index is 1160. The van der Waals surface area contributed by atoms with Crippen LogP contribution in [0.1, 0.15) is 47.4 Å². The number of hydrogen-bond donors (Lipinski definition) is 0. The minimum Gasteiger partial charge on any atom is -0.462 e. The van der Waals surface area contributed by atoms with E-state index in [1.165, 1.54) is 0 Å². The Morgan fingerprint density at radius 2 is 0.967 bits per heavy atom. The summed E-state index contributed by atoms with van der Waals surface area (Å²) in [6, 6.07) is 20.1. The van der Waals surface area contributed by atoms with Crippen molar-refractivity contribution in [3.05, 3.63) is 71.8 Å². The van der Waals surface area contributed by atoms with Gasteiger partial charge in [0.15, 0.2) is 0 Å². The van der Waals surface area contributed by atoms with Crippen molar-refractivity contribution >= 4 is 44.3 Å². The summed E-state index contributed by atoms with van der Waals surface area (Å²) in [5.74, 6) is -0.999. The minimum absolute atomic E-state index is 0.247. The highest BCUT2D eigenvalue weighted by Gasteiger charge is 2.21. The summed E-state index contributed by atoms with van der Waals surface area (Å²) in [5.41, 5.74) is 0.495. The lowest BCUT2D eigenvalue weighted by atomic mass is 9.96. The van der Waals surface area contributed by atoms with Crippen molar-refractivity contribution in [1.29, 1.82) is 0 Å². The van der Waals surface area contributed by atoms with Crippen molar-refractivity contribution in [3.8, 4) is 0 Å². The molecule has 0 spiro atoms. The number of carbonyl (C=O) groups excluding carboxylic acids is 2. The Labute approximate surface area is 175 Å². The van der Waals surface area contributed by atoms with Crippen LogP contribution >= 0.6 is 0 Å². The highest BCUT2D eigenvalue weighted by atomic mass is 16.5. The number of benzene rings is 4. The van der Waals surface area contributed by atoms with Gasteiger partial charge < -0.3 is 9.47 Å². The maximum Gasteiger partial charge on any atom is 0.339 e. The Morgan fingerprint density at radius 1 is 0.600 bits per heavy atom. The van der Waals surface area contributed by atoms with Crippen molar-refractivity contribution in [2.75, 3.05) is 13.2 Å². The molecule has 0 fully saturated rings. The van der Waals surface area contributed by atoms with Crippen LogP contribution in [-0.4, -0.2) is 25.2 Å². The van der Waals surface area contributed by atoms with Crippen LogP contribution in [0.15, 0.2) is 60.7 Å². The van der Waals surface area contributed by atoms with E-state index in [2.05, 4.69) is 36.4 Å². The SMILES string of the molecule is CCCOC(=O)c1cc2cc3cc4ccccc4cc3cc2cc1C(=O)OCCC. The smallest absolute Gasteiger partial charge is 0.339 e. The largest absolute Gasteiger partial charge is 0.462 e. The summed E-state index contributed by atoms with van der Waals surface area (Å²) in [7, 11) is 0. The molecular weight excluding hydrogens is 376 g/mol. The standard InChI is InChI=1S/C26H24O4/c1-3-9-29-25(27)23-15-21-13-19-11-17-7-5-6-8-18(17)12-20(19)14-22(21)16-24(23)26(28)30-10-4-2/h5-8,11-16H,3-4,9-10H2,1-2H3. The predicted octanol–water partition coefficient (Wildman–Crippen LogP) is 6.28. The van der Waals surface area contributed by atoms with Crippen LogP contribution in [0.5, 0.6) is 0 Å². The van der Waals surface area contributed by atoms with E-state index in [9.17, 15) is 9.59 Å². The lowest BCUT2D eigenvalue weighted by Gasteiger charge is -2.12. The third-order valence-corrected chi connectivity index (χ3v) is 5.11. The van der Waals surface area contributed by atoms with Gasteiger partial charge in [0.05, 0.1) is 24.3 Å².